The van der Waals surface area contributed by atoms with Crippen LogP contribution in [0.4, 0.5) is 0 Å². The van der Waals surface area contributed by atoms with Crippen molar-refractivity contribution in [3.05, 3.63) is 29.3 Å². The average molecular weight is 191 g/mol. The SMILES string of the molecule is C/C=C\c1c[c]c(O)c(CCC)c1O. The summed E-state index contributed by atoms with van der Waals surface area (Å²) in [6.07, 6.45) is 5.19. The third-order valence-electron chi connectivity index (χ3n) is 2.06. The van der Waals surface area contributed by atoms with Gasteiger partial charge in [-0.05, 0) is 19.4 Å². The van der Waals surface area contributed by atoms with Gasteiger partial charge >= 0.3 is 0 Å². The number of allylic oxidation sites excluding steroid dienone is 1. The Kier molecular flexibility index (Phi) is 3.57. The number of phenols is 2. The molecule has 0 fully saturated rings. The number of hydrogen-bond donors (Lipinski definition) is 2. The van der Waals surface area contributed by atoms with E-state index in [0.717, 1.165) is 6.42 Å². The van der Waals surface area contributed by atoms with Crippen molar-refractivity contribution < 1.29 is 10.2 Å². The van der Waals surface area contributed by atoms with Crippen LogP contribution < -0.4 is 0 Å². The second kappa shape index (κ2) is 4.70. The van der Waals surface area contributed by atoms with E-state index in [1.807, 2.05) is 19.9 Å². The molecule has 0 spiro atoms. The fourth-order valence-electron chi connectivity index (χ4n) is 1.38. The van der Waals surface area contributed by atoms with E-state index in [0.29, 0.717) is 17.5 Å². The first-order chi connectivity index (χ1) is 6.70. The molecule has 2 nitrogen and oxygen atoms in total. The highest BCUT2D eigenvalue weighted by Gasteiger charge is 2.09. The van der Waals surface area contributed by atoms with Gasteiger partial charge in [-0.15, -0.1) is 0 Å². The van der Waals surface area contributed by atoms with Crippen molar-refractivity contribution in [2.24, 2.45) is 0 Å². The standard InChI is InChI=1S/C12H15O2/c1-3-5-9-7-8-11(13)10(6-4-2)12(9)14/h3,5,7,13-14H,4,6H2,1-2H3/b5-3-. The van der Waals surface area contributed by atoms with E-state index in [9.17, 15) is 10.2 Å². The summed E-state index contributed by atoms with van der Waals surface area (Å²) in [4.78, 5) is 0. The van der Waals surface area contributed by atoms with Gasteiger partial charge in [-0.1, -0.05) is 25.5 Å². The first kappa shape index (κ1) is 10.6. The highest BCUT2D eigenvalue weighted by Crippen LogP contribution is 2.31. The van der Waals surface area contributed by atoms with Gasteiger partial charge in [0.2, 0.25) is 0 Å². The van der Waals surface area contributed by atoms with E-state index >= 15 is 0 Å². The Hall–Kier alpha value is -1.44. The Morgan fingerprint density at radius 3 is 2.71 bits per heavy atom. The lowest BCUT2D eigenvalue weighted by Crippen LogP contribution is -1.88. The van der Waals surface area contributed by atoms with Gasteiger partial charge in [-0.25, -0.2) is 0 Å². The topological polar surface area (TPSA) is 40.5 Å². The van der Waals surface area contributed by atoms with Gasteiger partial charge in [0, 0.05) is 17.2 Å². The Morgan fingerprint density at radius 2 is 2.14 bits per heavy atom. The monoisotopic (exact) mass is 191 g/mol. The smallest absolute Gasteiger partial charge is 0.130 e. The molecule has 0 aliphatic carbocycles. The number of hydrogen-bond acceptors (Lipinski definition) is 2. The summed E-state index contributed by atoms with van der Waals surface area (Å²) in [5, 5.41) is 19.3. The van der Waals surface area contributed by atoms with E-state index < -0.39 is 0 Å². The molecule has 0 atom stereocenters. The van der Waals surface area contributed by atoms with Gasteiger partial charge in [-0.3, -0.25) is 0 Å². The summed E-state index contributed by atoms with van der Waals surface area (Å²) in [7, 11) is 0. The second-order valence-corrected chi connectivity index (χ2v) is 3.17. The summed E-state index contributed by atoms with van der Waals surface area (Å²) in [6.45, 7) is 3.88. The number of aromatic hydroxyl groups is 2. The van der Waals surface area contributed by atoms with Gasteiger partial charge < -0.3 is 10.2 Å². The highest BCUT2D eigenvalue weighted by atomic mass is 16.3. The van der Waals surface area contributed by atoms with Crippen molar-refractivity contribution >= 4 is 6.08 Å². The third kappa shape index (κ3) is 2.08. The van der Waals surface area contributed by atoms with Gasteiger partial charge in [0.05, 0.1) is 0 Å². The minimum absolute atomic E-state index is 0.0533. The van der Waals surface area contributed by atoms with Crippen molar-refractivity contribution in [3.63, 3.8) is 0 Å². The predicted molar refractivity (Wildman–Crippen MR) is 57.3 cm³/mol. The van der Waals surface area contributed by atoms with Gasteiger partial charge in [-0.2, -0.15) is 0 Å². The van der Waals surface area contributed by atoms with Gasteiger partial charge in [0.15, 0.2) is 0 Å². The fraction of sp³-hybridized carbons (Fsp3) is 0.333. The van der Waals surface area contributed by atoms with E-state index in [1.54, 1.807) is 12.1 Å². The van der Waals surface area contributed by atoms with Crippen molar-refractivity contribution in [3.8, 4) is 11.5 Å². The molecule has 1 aromatic carbocycles. The lowest BCUT2D eigenvalue weighted by atomic mass is 10.0. The van der Waals surface area contributed by atoms with Crippen LogP contribution in [0.15, 0.2) is 12.1 Å². The zero-order valence-corrected chi connectivity index (χ0v) is 8.54. The van der Waals surface area contributed by atoms with Crippen LogP contribution in [0.25, 0.3) is 6.08 Å². The largest absolute Gasteiger partial charge is 0.507 e. The maximum atomic E-state index is 9.80. The molecule has 0 amide bonds. The zero-order valence-electron chi connectivity index (χ0n) is 8.54. The molecule has 0 aliphatic heterocycles. The van der Waals surface area contributed by atoms with Crippen LogP contribution >= 0.6 is 0 Å². The zero-order chi connectivity index (χ0) is 10.6. The molecule has 14 heavy (non-hydrogen) atoms. The first-order valence-corrected chi connectivity index (χ1v) is 4.78. The maximum absolute atomic E-state index is 9.80. The molecule has 0 aliphatic rings. The summed E-state index contributed by atoms with van der Waals surface area (Å²) in [6, 6.07) is 4.31. The van der Waals surface area contributed by atoms with Crippen LogP contribution in [0, 0.1) is 6.07 Å². The third-order valence-corrected chi connectivity index (χ3v) is 2.06. The average Bonchev–Trinajstić information content (AvgIpc) is 2.17. The van der Waals surface area contributed by atoms with Crippen molar-refractivity contribution in [2.45, 2.75) is 26.7 Å². The van der Waals surface area contributed by atoms with E-state index in [4.69, 9.17) is 0 Å². The molecule has 1 rings (SSSR count). The molecule has 0 heterocycles. The van der Waals surface area contributed by atoms with Crippen molar-refractivity contribution in [1.82, 2.24) is 0 Å². The quantitative estimate of drug-likeness (QED) is 0.771. The molecule has 75 valence electrons. The molecule has 2 heteroatoms. The maximum Gasteiger partial charge on any atom is 0.130 e. The van der Waals surface area contributed by atoms with Crippen molar-refractivity contribution in [1.29, 1.82) is 0 Å². The van der Waals surface area contributed by atoms with Crippen LogP contribution in [0.5, 0.6) is 11.5 Å². The second-order valence-electron chi connectivity index (χ2n) is 3.17. The van der Waals surface area contributed by atoms with E-state index in [2.05, 4.69) is 6.07 Å². The fourth-order valence-corrected chi connectivity index (χ4v) is 1.38. The molecular weight excluding hydrogens is 176 g/mol. The Bertz CT molecular complexity index is 340. The number of rotatable bonds is 3. The Labute approximate surface area is 84.5 Å². The lowest BCUT2D eigenvalue weighted by Gasteiger charge is -2.08. The summed E-state index contributed by atoms with van der Waals surface area (Å²) < 4.78 is 0. The molecule has 0 unspecified atom stereocenters. The molecule has 0 saturated carbocycles. The van der Waals surface area contributed by atoms with Crippen LogP contribution in [0.3, 0.4) is 0 Å². The van der Waals surface area contributed by atoms with Gasteiger partial charge in [0.25, 0.3) is 0 Å². The Balaban J connectivity index is 3.18. The summed E-state index contributed by atoms with van der Waals surface area (Å²) in [5.41, 5.74) is 1.29. The lowest BCUT2D eigenvalue weighted by molar-refractivity contribution is 0.436. The van der Waals surface area contributed by atoms with E-state index in [-0.39, 0.29) is 11.5 Å². The summed E-state index contributed by atoms with van der Waals surface area (Å²) >= 11 is 0. The molecule has 0 saturated heterocycles. The minimum atomic E-state index is 0.0533. The molecule has 0 aromatic heterocycles. The van der Waals surface area contributed by atoms with E-state index in [1.165, 1.54) is 0 Å². The number of phenolic OH excluding ortho intramolecular Hbond substituents is 2. The van der Waals surface area contributed by atoms with Crippen LogP contribution in [-0.2, 0) is 6.42 Å². The molecule has 1 aromatic rings. The number of benzene rings is 1. The van der Waals surface area contributed by atoms with Crippen molar-refractivity contribution in [2.75, 3.05) is 0 Å². The Morgan fingerprint density at radius 1 is 1.43 bits per heavy atom. The van der Waals surface area contributed by atoms with Gasteiger partial charge in [0.1, 0.15) is 11.5 Å². The first-order valence-electron chi connectivity index (χ1n) is 4.78. The minimum Gasteiger partial charge on any atom is -0.507 e. The molecular formula is C12H15O2. The molecule has 2 N–H and O–H groups in total. The molecule has 0 bridgehead atoms. The van der Waals surface area contributed by atoms with Crippen LogP contribution in [0.2, 0.25) is 0 Å². The summed E-state index contributed by atoms with van der Waals surface area (Å²) in [5.74, 6) is 0.221. The van der Waals surface area contributed by atoms with Crippen LogP contribution in [-0.4, -0.2) is 10.2 Å². The molecule has 1 radical (unpaired) electrons. The normalized spacial score (nSPS) is 11.0. The highest BCUT2D eigenvalue weighted by molar-refractivity contribution is 5.61. The predicted octanol–water partition coefficient (Wildman–Crippen LogP) is 2.88. The van der Waals surface area contributed by atoms with Crippen LogP contribution in [0.1, 0.15) is 31.4 Å².